The van der Waals surface area contributed by atoms with Crippen molar-refractivity contribution in [3.05, 3.63) is 92.9 Å². The fourth-order valence-electron chi connectivity index (χ4n) is 3.23. The lowest BCUT2D eigenvalue weighted by Crippen LogP contribution is -2.37. The number of benzene rings is 2. The van der Waals surface area contributed by atoms with Crippen LogP contribution < -0.4 is 0 Å². The molecule has 3 aromatic rings. The number of halogens is 2. The second-order valence-corrected chi connectivity index (χ2v) is 8.06. The van der Waals surface area contributed by atoms with Crippen LogP contribution in [0.15, 0.2) is 71.2 Å². The number of oxime groups is 1. The van der Waals surface area contributed by atoms with Crippen LogP contribution in [0, 0.1) is 5.82 Å². The molecule has 7 heteroatoms. The zero-order valence-corrected chi connectivity index (χ0v) is 17.0. The number of amides is 1. The van der Waals surface area contributed by atoms with Crippen LogP contribution in [-0.2, 0) is 11.4 Å². The van der Waals surface area contributed by atoms with Crippen LogP contribution in [0.1, 0.15) is 27.2 Å². The van der Waals surface area contributed by atoms with Gasteiger partial charge in [-0.3, -0.25) is 4.79 Å². The average Bonchev–Trinajstić information content (AvgIpc) is 3.41. The number of hydrogen-bond donors (Lipinski definition) is 0. The van der Waals surface area contributed by atoms with Gasteiger partial charge in [0.15, 0.2) is 6.10 Å². The van der Waals surface area contributed by atoms with E-state index >= 15 is 0 Å². The number of nitrogens with zero attached hydrogens (tertiary/aromatic N) is 2. The van der Waals surface area contributed by atoms with Crippen LogP contribution in [0.3, 0.4) is 0 Å². The average molecular weight is 429 g/mol. The Balaban J connectivity index is 1.51. The van der Waals surface area contributed by atoms with Gasteiger partial charge in [0.25, 0.3) is 5.91 Å². The topological polar surface area (TPSA) is 41.9 Å². The van der Waals surface area contributed by atoms with Gasteiger partial charge in [-0.1, -0.05) is 59.2 Å². The number of carbonyl (C=O) groups is 1. The van der Waals surface area contributed by atoms with E-state index < -0.39 is 0 Å². The van der Waals surface area contributed by atoms with E-state index in [1.165, 1.54) is 17.4 Å². The van der Waals surface area contributed by atoms with E-state index in [-0.39, 0.29) is 24.4 Å². The summed E-state index contributed by atoms with van der Waals surface area (Å²) in [6.07, 6.45) is 0.201. The van der Waals surface area contributed by atoms with Gasteiger partial charge in [-0.15, -0.1) is 11.3 Å². The highest BCUT2D eigenvalue weighted by Crippen LogP contribution is 2.25. The summed E-state index contributed by atoms with van der Waals surface area (Å²) < 4.78 is 14.2. The number of thiophene rings is 1. The van der Waals surface area contributed by atoms with Gasteiger partial charge in [-0.2, -0.15) is 0 Å². The Morgan fingerprint density at radius 3 is 2.72 bits per heavy atom. The van der Waals surface area contributed by atoms with Crippen molar-refractivity contribution < 1.29 is 14.0 Å². The molecule has 1 atom stereocenters. The van der Waals surface area contributed by atoms with E-state index in [1.807, 2.05) is 29.6 Å². The fourth-order valence-corrected chi connectivity index (χ4v) is 4.17. The van der Waals surface area contributed by atoms with Gasteiger partial charge in [-0.05, 0) is 23.6 Å². The highest BCUT2D eigenvalue weighted by atomic mass is 35.5. The first-order chi connectivity index (χ1) is 14.1. The summed E-state index contributed by atoms with van der Waals surface area (Å²) in [5.41, 5.74) is 2.03. The van der Waals surface area contributed by atoms with E-state index in [9.17, 15) is 9.18 Å². The molecule has 29 heavy (non-hydrogen) atoms. The SMILES string of the molecule is O=C(c1cccs1)N(Cc1ccccc1F)C[C@@H]1CC(c2ccccc2Cl)=NO1. The normalized spacial score (nSPS) is 15.7. The Hall–Kier alpha value is -2.70. The van der Waals surface area contributed by atoms with Gasteiger partial charge < -0.3 is 9.74 Å². The first kappa shape index (κ1) is 19.6. The molecule has 0 saturated heterocycles. The minimum Gasteiger partial charge on any atom is -0.390 e. The Morgan fingerprint density at radius 1 is 1.17 bits per heavy atom. The largest absolute Gasteiger partial charge is 0.390 e. The Kier molecular flexibility index (Phi) is 5.92. The van der Waals surface area contributed by atoms with Crippen molar-refractivity contribution in [1.82, 2.24) is 4.90 Å². The molecule has 1 aromatic heterocycles. The zero-order valence-electron chi connectivity index (χ0n) is 15.4. The Morgan fingerprint density at radius 2 is 1.97 bits per heavy atom. The molecule has 1 aliphatic heterocycles. The van der Waals surface area contributed by atoms with Gasteiger partial charge in [0.2, 0.25) is 0 Å². The summed E-state index contributed by atoms with van der Waals surface area (Å²) in [4.78, 5) is 20.8. The highest BCUT2D eigenvalue weighted by Gasteiger charge is 2.28. The first-order valence-corrected chi connectivity index (χ1v) is 10.4. The van der Waals surface area contributed by atoms with Crippen LogP contribution in [-0.4, -0.2) is 29.2 Å². The molecule has 0 fully saturated rings. The molecule has 2 heterocycles. The molecule has 0 aliphatic carbocycles. The molecule has 1 aliphatic rings. The summed E-state index contributed by atoms with van der Waals surface area (Å²) in [6, 6.07) is 17.5. The quantitative estimate of drug-likeness (QED) is 0.529. The van der Waals surface area contributed by atoms with E-state index in [0.717, 1.165) is 11.3 Å². The van der Waals surface area contributed by atoms with Crippen LogP contribution in [0.2, 0.25) is 5.02 Å². The van der Waals surface area contributed by atoms with E-state index in [4.69, 9.17) is 16.4 Å². The van der Waals surface area contributed by atoms with Crippen molar-refractivity contribution in [2.45, 2.75) is 19.1 Å². The maximum absolute atomic E-state index is 14.2. The smallest absolute Gasteiger partial charge is 0.264 e. The third kappa shape index (κ3) is 4.49. The predicted octanol–water partition coefficient (Wildman–Crippen LogP) is 5.38. The summed E-state index contributed by atoms with van der Waals surface area (Å²) >= 11 is 7.62. The molecular weight excluding hydrogens is 411 g/mol. The lowest BCUT2D eigenvalue weighted by atomic mass is 10.0. The molecule has 4 nitrogen and oxygen atoms in total. The molecule has 0 unspecified atom stereocenters. The number of carbonyl (C=O) groups excluding carboxylic acids is 1. The van der Waals surface area contributed by atoms with Crippen molar-refractivity contribution in [2.24, 2.45) is 5.16 Å². The maximum atomic E-state index is 14.2. The second-order valence-electron chi connectivity index (χ2n) is 6.70. The second kappa shape index (κ2) is 8.76. The summed E-state index contributed by atoms with van der Waals surface area (Å²) in [7, 11) is 0. The molecule has 0 saturated carbocycles. The summed E-state index contributed by atoms with van der Waals surface area (Å²) in [5, 5.41) is 6.62. The van der Waals surface area contributed by atoms with Crippen LogP contribution in [0.5, 0.6) is 0 Å². The third-order valence-electron chi connectivity index (χ3n) is 4.68. The van der Waals surface area contributed by atoms with Crippen LogP contribution in [0.25, 0.3) is 0 Å². The van der Waals surface area contributed by atoms with Crippen molar-refractivity contribution in [3.8, 4) is 0 Å². The summed E-state index contributed by atoms with van der Waals surface area (Å²) in [6.45, 7) is 0.452. The standard InChI is InChI=1S/C22H18ClFN2O2S/c23-18-8-3-2-7-17(18)20-12-16(28-25-20)14-26(22(27)21-10-5-11-29-21)13-15-6-1-4-9-19(15)24/h1-11,16H,12-14H2/t16-/m0/s1. The maximum Gasteiger partial charge on any atom is 0.264 e. The zero-order chi connectivity index (χ0) is 20.2. The molecular formula is C22H18ClFN2O2S. The molecule has 1 amide bonds. The van der Waals surface area contributed by atoms with Crippen LogP contribution >= 0.6 is 22.9 Å². The van der Waals surface area contributed by atoms with Crippen molar-refractivity contribution in [1.29, 1.82) is 0 Å². The lowest BCUT2D eigenvalue weighted by molar-refractivity contribution is 0.0406. The molecule has 2 aromatic carbocycles. The number of rotatable bonds is 6. The lowest BCUT2D eigenvalue weighted by Gasteiger charge is -2.24. The number of hydrogen-bond acceptors (Lipinski definition) is 4. The van der Waals surface area contributed by atoms with Gasteiger partial charge in [0.1, 0.15) is 5.82 Å². The molecule has 0 spiro atoms. The molecule has 4 rings (SSSR count). The van der Waals surface area contributed by atoms with Crippen molar-refractivity contribution >= 4 is 34.6 Å². The first-order valence-electron chi connectivity index (χ1n) is 9.15. The van der Waals surface area contributed by atoms with E-state index in [0.29, 0.717) is 28.4 Å². The third-order valence-corrected chi connectivity index (χ3v) is 5.87. The molecule has 0 N–H and O–H groups in total. The minimum absolute atomic E-state index is 0.155. The van der Waals surface area contributed by atoms with Gasteiger partial charge in [0.05, 0.1) is 17.1 Å². The molecule has 148 valence electrons. The van der Waals surface area contributed by atoms with E-state index in [2.05, 4.69) is 5.16 Å². The Labute approximate surface area is 177 Å². The van der Waals surface area contributed by atoms with E-state index in [1.54, 1.807) is 35.2 Å². The predicted molar refractivity (Wildman–Crippen MR) is 113 cm³/mol. The van der Waals surface area contributed by atoms with Crippen LogP contribution in [0.4, 0.5) is 4.39 Å². The monoisotopic (exact) mass is 428 g/mol. The van der Waals surface area contributed by atoms with Gasteiger partial charge >= 0.3 is 0 Å². The molecule has 0 bridgehead atoms. The highest BCUT2D eigenvalue weighted by molar-refractivity contribution is 7.12. The summed E-state index contributed by atoms with van der Waals surface area (Å²) in [5.74, 6) is -0.491. The Bertz CT molecular complexity index is 1040. The van der Waals surface area contributed by atoms with Gasteiger partial charge in [0, 0.05) is 29.1 Å². The van der Waals surface area contributed by atoms with Crippen molar-refractivity contribution in [3.63, 3.8) is 0 Å². The molecule has 0 radical (unpaired) electrons. The fraction of sp³-hybridized carbons (Fsp3) is 0.182. The van der Waals surface area contributed by atoms with Crippen molar-refractivity contribution in [2.75, 3.05) is 6.54 Å². The minimum atomic E-state index is -0.336. The van der Waals surface area contributed by atoms with Gasteiger partial charge in [-0.25, -0.2) is 4.39 Å².